The number of hydrogen-bond donors (Lipinski definition) is 1. The van der Waals surface area contributed by atoms with Gasteiger partial charge < -0.3 is 10.1 Å². The third-order valence-corrected chi connectivity index (χ3v) is 3.77. The lowest BCUT2D eigenvalue weighted by Gasteiger charge is -2.11. The van der Waals surface area contributed by atoms with E-state index >= 15 is 0 Å². The van der Waals surface area contributed by atoms with E-state index in [1.807, 2.05) is 6.07 Å². The van der Waals surface area contributed by atoms with E-state index in [1.54, 1.807) is 43.8 Å². The average Bonchev–Trinajstić information content (AvgIpc) is 2.61. The Morgan fingerprint density at radius 1 is 1.21 bits per heavy atom. The molecule has 0 unspecified atom stereocenters. The van der Waals surface area contributed by atoms with Crippen molar-refractivity contribution in [2.75, 3.05) is 12.4 Å². The topological polar surface area (TPSA) is 47.0 Å². The van der Waals surface area contributed by atoms with Crippen molar-refractivity contribution in [2.24, 2.45) is 0 Å². The molecule has 3 rings (SSSR count). The van der Waals surface area contributed by atoms with Crippen LogP contribution in [0.25, 0.3) is 11.3 Å². The van der Waals surface area contributed by atoms with Crippen LogP contribution in [0.1, 0.15) is 5.56 Å². The zero-order chi connectivity index (χ0) is 16.9. The third kappa shape index (κ3) is 3.63. The molecule has 0 saturated carbocycles. The van der Waals surface area contributed by atoms with Gasteiger partial charge in [0.15, 0.2) is 0 Å². The summed E-state index contributed by atoms with van der Waals surface area (Å²) in [5.41, 5.74) is 2.18. The highest BCUT2D eigenvalue weighted by Crippen LogP contribution is 2.33. The number of rotatable bonds is 5. The molecule has 1 N–H and O–H groups in total. The first-order valence-electron chi connectivity index (χ1n) is 7.30. The number of anilines is 1. The average molecular weight is 344 g/mol. The van der Waals surface area contributed by atoms with E-state index in [4.69, 9.17) is 16.3 Å². The van der Waals surface area contributed by atoms with Crippen LogP contribution in [0.3, 0.4) is 0 Å². The molecular weight excluding hydrogens is 329 g/mol. The molecule has 2 heterocycles. The number of nitrogens with zero attached hydrogens (tertiary/aromatic N) is 2. The number of methoxy groups -OCH3 is 1. The lowest BCUT2D eigenvalue weighted by atomic mass is 10.1. The van der Waals surface area contributed by atoms with Gasteiger partial charge in [-0.25, -0.2) is 9.37 Å². The van der Waals surface area contributed by atoms with E-state index < -0.39 is 0 Å². The Bertz CT molecular complexity index is 857. The molecule has 0 atom stereocenters. The quantitative estimate of drug-likeness (QED) is 0.738. The Balaban J connectivity index is 1.86. The molecule has 0 saturated heterocycles. The summed E-state index contributed by atoms with van der Waals surface area (Å²) in [7, 11) is 1.57. The van der Waals surface area contributed by atoms with Gasteiger partial charge in [-0.1, -0.05) is 23.7 Å². The van der Waals surface area contributed by atoms with E-state index in [2.05, 4.69) is 15.3 Å². The Hall–Kier alpha value is -2.66. The van der Waals surface area contributed by atoms with Gasteiger partial charge in [-0.05, 0) is 35.9 Å². The second-order valence-electron chi connectivity index (χ2n) is 5.09. The molecule has 0 radical (unpaired) electrons. The van der Waals surface area contributed by atoms with E-state index in [1.165, 1.54) is 12.1 Å². The number of pyridine rings is 2. The van der Waals surface area contributed by atoms with Crippen molar-refractivity contribution >= 4 is 17.4 Å². The zero-order valence-electron chi connectivity index (χ0n) is 13.0. The normalized spacial score (nSPS) is 10.5. The van der Waals surface area contributed by atoms with Gasteiger partial charge in [0.2, 0.25) is 0 Å². The minimum absolute atomic E-state index is 0.263. The second-order valence-corrected chi connectivity index (χ2v) is 5.49. The van der Waals surface area contributed by atoms with E-state index in [-0.39, 0.29) is 5.82 Å². The van der Waals surface area contributed by atoms with E-state index in [9.17, 15) is 4.39 Å². The Morgan fingerprint density at radius 3 is 2.88 bits per heavy atom. The SMILES string of the molecule is COc1cnccc1-c1nc(NCc2cccc(F)c2)ccc1Cl. The summed E-state index contributed by atoms with van der Waals surface area (Å²) in [5, 5.41) is 3.68. The highest BCUT2D eigenvalue weighted by atomic mass is 35.5. The van der Waals surface area contributed by atoms with E-state index in [0.29, 0.717) is 28.8 Å². The summed E-state index contributed by atoms with van der Waals surface area (Å²) >= 11 is 6.28. The highest BCUT2D eigenvalue weighted by Gasteiger charge is 2.12. The van der Waals surface area contributed by atoms with Crippen LogP contribution in [-0.4, -0.2) is 17.1 Å². The molecule has 1 aromatic carbocycles. The van der Waals surface area contributed by atoms with Gasteiger partial charge in [-0.15, -0.1) is 0 Å². The minimum Gasteiger partial charge on any atom is -0.494 e. The van der Waals surface area contributed by atoms with Crippen LogP contribution >= 0.6 is 11.6 Å². The fourth-order valence-corrected chi connectivity index (χ4v) is 2.51. The lowest BCUT2D eigenvalue weighted by Crippen LogP contribution is -2.02. The largest absolute Gasteiger partial charge is 0.494 e. The molecular formula is C18H15ClFN3O. The van der Waals surface area contributed by atoms with Gasteiger partial charge in [-0.2, -0.15) is 0 Å². The molecule has 24 heavy (non-hydrogen) atoms. The molecule has 0 amide bonds. The minimum atomic E-state index is -0.263. The number of ether oxygens (including phenoxy) is 1. The van der Waals surface area contributed by atoms with Gasteiger partial charge in [0, 0.05) is 18.3 Å². The molecule has 0 spiro atoms. The summed E-state index contributed by atoms with van der Waals surface area (Å²) in [6.45, 7) is 0.458. The van der Waals surface area contributed by atoms with Crippen molar-refractivity contribution in [2.45, 2.75) is 6.54 Å². The van der Waals surface area contributed by atoms with Crippen molar-refractivity contribution in [3.05, 3.63) is 71.3 Å². The van der Waals surface area contributed by atoms with Crippen LogP contribution in [0.2, 0.25) is 5.02 Å². The Morgan fingerprint density at radius 2 is 2.08 bits per heavy atom. The molecule has 0 aliphatic carbocycles. The van der Waals surface area contributed by atoms with Crippen molar-refractivity contribution in [3.63, 3.8) is 0 Å². The fraction of sp³-hybridized carbons (Fsp3) is 0.111. The molecule has 0 aliphatic rings. The van der Waals surface area contributed by atoms with Crippen LogP contribution in [-0.2, 0) is 6.54 Å². The molecule has 6 heteroatoms. The fourth-order valence-electron chi connectivity index (χ4n) is 2.31. The second kappa shape index (κ2) is 7.27. The maximum absolute atomic E-state index is 13.2. The van der Waals surface area contributed by atoms with Gasteiger partial charge in [0.25, 0.3) is 0 Å². The van der Waals surface area contributed by atoms with Crippen molar-refractivity contribution < 1.29 is 9.13 Å². The van der Waals surface area contributed by atoms with Crippen molar-refractivity contribution in [3.8, 4) is 17.0 Å². The van der Waals surface area contributed by atoms with Gasteiger partial charge in [0.05, 0.1) is 24.0 Å². The first-order valence-corrected chi connectivity index (χ1v) is 7.68. The highest BCUT2D eigenvalue weighted by molar-refractivity contribution is 6.33. The van der Waals surface area contributed by atoms with Crippen LogP contribution in [0.4, 0.5) is 10.2 Å². The number of benzene rings is 1. The van der Waals surface area contributed by atoms with Crippen LogP contribution in [0.15, 0.2) is 54.9 Å². The third-order valence-electron chi connectivity index (χ3n) is 3.47. The predicted octanol–water partition coefficient (Wildman–Crippen LogP) is 4.56. The zero-order valence-corrected chi connectivity index (χ0v) is 13.7. The number of nitrogens with one attached hydrogen (secondary N) is 1. The van der Waals surface area contributed by atoms with Crippen LogP contribution in [0, 0.1) is 5.82 Å². The lowest BCUT2D eigenvalue weighted by molar-refractivity contribution is 0.414. The number of hydrogen-bond acceptors (Lipinski definition) is 4. The summed E-state index contributed by atoms with van der Waals surface area (Å²) < 4.78 is 18.5. The maximum Gasteiger partial charge on any atom is 0.146 e. The Labute approximate surface area is 144 Å². The molecule has 0 bridgehead atoms. The van der Waals surface area contributed by atoms with Crippen molar-refractivity contribution in [1.29, 1.82) is 0 Å². The van der Waals surface area contributed by atoms with Gasteiger partial charge in [-0.3, -0.25) is 4.98 Å². The van der Waals surface area contributed by atoms with Crippen LogP contribution < -0.4 is 10.1 Å². The molecule has 4 nitrogen and oxygen atoms in total. The molecule has 122 valence electrons. The predicted molar refractivity (Wildman–Crippen MR) is 92.8 cm³/mol. The first kappa shape index (κ1) is 16.2. The van der Waals surface area contributed by atoms with Gasteiger partial charge in [0.1, 0.15) is 17.4 Å². The Kier molecular flexibility index (Phi) is 4.91. The van der Waals surface area contributed by atoms with Crippen LogP contribution in [0.5, 0.6) is 5.75 Å². The first-order chi connectivity index (χ1) is 11.7. The monoisotopic (exact) mass is 343 g/mol. The summed E-state index contributed by atoms with van der Waals surface area (Å²) in [6, 6.07) is 11.8. The summed E-state index contributed by atoms with van der Waals surface area (Å²) in [4.78, 5) is 8.58. The maximum atomic E-state index is 13.2. The van der Waals surface area contributed by atoms with Crippen molar-refractivity contribution in [1.82, 2.24) is 9.97 Å². The molecule has 3 aromatic rings. The summed E-state index contributed by atoms with van der Waals surface area (Å²) in [5.74, 6) is 0.965. The van der Waals surface area contributed by atoms with Gasteiger partial charge >= 0.3 is 0 Å². The standard InChI is InChI=1S/C18H15ClFN3O/c1-24-16-11-21-8-7-14(16)18-15(19)5-6-17(23-18)22-10-12-3-2-4-13(20)9-12/h2-9,11H,10H2,1H3,(H,22,23). The number of halogens is 2. The smallest absolute Gasteiger partial charge is 0.146 e. The van der Waals surface area contributed by atoms with E-state index in [0.717, 1.165) is 11.1 Å². The number of aromatic nitrogens is 2. The summed E-state index contributed by atoms with van der Waals surface area (Å²) in [6.07, 6.45) is 3.27. The molecule has 2 aromatic heterocycles. The molecule has 0 aliphatic heterocycles. The molecule has 0 fully saturated rings.